The first-order chi connectivity index (χ1) is 9.34. The second kappa shape index (κ2) is 5.82. The summed E-state index contributed by atoms with van der Waals surface area (Å²) in [5.74, 6) is 0.450. The number of nitrogens with one attached hydrogen (secondary N) is 2. The highest BCUT2D eigenvalue weighted by Gasteiger charge is 2.34. The van der Waals surface area contributed by atoms with Crippen molar-refractivity contribution in [2.45, 2.75) is 37.5 Å². The predicted molar refractivity (Wildman–Crippen MR) is 75.4 cm³/mol. The molecule has 2 heterocycles. The lowest BCUT2D eigenvalue weighted by Gasteiger charge is -2.24. The van der Waals surface area contributed by atoms with Gasteiger partial charge in [-0.3, -0.25) is 0 Å². The molecule has 0 bridgehead atoms. The van der Waals surface area contributed by atoms with Crippen LogP contribution in [0.2, 0.25) is 0 Å². The first kappa shape index (κ1) is 15.5. The second-order valence-electron chi connectivity index (χ2n) is 4.95. The monoisotopic (exact) mass is 321 g/mol. The van der Waals surface area contributed by atoms with Crippen molar-refractivity contribution < 1.29 is 16.8 Å². The van der Waals surface area contributed by atoms with Gasteiger partial charge < -0.3 is 4.98 Å². The molecule has 2 rings (SSSR count). The van der Waals surface area contributed by atoms with Gasteiger partial charge >= 0.3 is 0 Å². The van der Waals surface area contributed by atoms with E-state index < -0.39 is 31.2 Å². The molecule has 7 nitrogen and oxygen atoms in total. The van der Waals surface area contributed by atoms with Crippen molar-refractivity contribution in [1.29, 1.82) is 0 Å². The highest BCUT2D eigenvalue weighted by molar-refractivity contribution is 7.92. The Labute approximate surface area is 119 Å². The predicted octanol–water partition coefficient (Wildman–Crippen LogP) is 0.357. The van der Waals surface area contributed by atoms with Crippen LogP contribution in [0.15, 0.2) is 12.4 Å². The molecule has 1 atom stereocenters. The number of aromatic nitrogens is 2. The van der Waals surface area contributed by atoms with Gasteiger partial charge in [0.15, 0.2) is 0 Å². The Balaban J connectivity index is 2.07. The first-order valence-corrected chi connectivity index (χ1v) is 9.91. The average molecular weight is 321 g/mol. The van der Waals surface area contributed by atoms with Gasteiger partial charge in [0, 0.05) is 12.4 Å². The number of imidazole rings is 1. The van der Waals surface area contributed by atoms with E-state index in [1.807, 2.05) is 6.92 Å². The third-order valence-corrected chi connectivity index (χ3v) is 7.18. The zero-order chi connectivity index (χ0) is 14.8. The highest BCUT2D eigenvalue weighted by atomic mass is 32.2. The van der Waals surface area contributed by atoms with Crippen LogP contribution in [-0.4, -0.2) is 43.6 Å². The minimum atomic E-state index is -3.55. The standard InChI is InChI=1S/C11H19N3O4S2/c1-2-10(11-12-5-6-13-11)14-20(17,18)9-3-7-19(15,16)8-4-9/h5-6,9-10,14H,2-4,7-8H2,1H3,(H,12,13). The Kier molecular flexibility index (Phi) is 4.50. The Bertz CT molecular complexity index is 623. The van der Waals surface area contributed by atoms with Gasteiger partial charge in [0.2, 0.25) is 10.0 Å². The van der Waals surface area contributed by atoms with Crippen LogP contribution in [0.4, 0.5) is 0 Å². The summed E-state index contributed by atoms with van der Waals surface area (Å²) >= 11 is 0. The molecule has 1 aliphatic heterocycles. The van der Waals surface area contributed by atoms with Crippen molar-refractivity contribution in [3.05, 3.63) is 18.2 Å². The lowest BCUT2D eigenvalue weighted by molar-refractivity contribution is 0.515. The van der Waals surface area contributed by atoms with Crippen LogP contribution in [0.25, 0.3) is 0 Å². The smallest absolute Gasteiger partial charge is 0.215 e. The molecule has 20 heavy (non-hydrogen) atoms. The van der Waals surface area contributed by atoms with E-state index in [1.54, 1.807) is 12.4 Å². The molecule has 0 aliphatic carbocycles. The van der Waals surface area contributed by atoms with Crippen LogP contribution < -0.4 is 4.72 Å². The molecule has 1 unspecified atom stereocenters. The number of hydrogen-bond donors (Lipinski definition) is 2. The molecule has 0 amide bonds. The summed E-state index contributed by atoms with van der Waals surface area (Å²) in [6.07, 6.45) is 4.09. The van der Waals surface area contributed by atoms with Crippen LogP contribution in [0.3, 0.4) is 0 Å². The van der Waals surface area contributed by atoms with Crippen molar-refractivity contribution in [3.63, 3.8) is 0 Å². The van der Waals surface area contributed by atoms with Crippen molar-refractivity contribution in [2.75, 3.05) is 11.5 Å². The fourth-order valence-electron chi connectivity index (χ4n) is 2.27. The second-order valence-corrected chi connectivity index (χ2v) is 9.25. The SMILES string of the molecule is CCC(NS(=O)(=O)C1CCS(=O)(=O)CC1)c1ncc[nH]1. The van der Waals surface area contributed by atoms with E-state index in [1.165, 1.54) is 0 Å². The average Bonchev–Trinajstić information content (AvgIpc) is 2.89. The Morgan fingerprint density at radius 2 is 2.10 bits per heavy atom. The van der Waals surface area contributed by atoms with E-state index in [0.717, 1.165) is 0 Å². The lowest BCUT2D eigenvalue weighted by Crippen LogP contribution is -2.41. The fourth-order valence-corrected chi connectivity index (χ4v) is 5.79. The number of sulfonamides is 1. The van der Waals surface area contributed by atoms with E-state index in [9.17, 15) is 16.8 Å². The van der Waals surface area contributed by atoms with Gasteiger partial charge in [-0.2, -0.15) is 0 Å². The number of nitrogens with zero attached hydrogens (tertiary/aromatic N) is 1. The largest absolute Gasteiger partial charge is 0.347 e. The molecule has 2 N–H and O–H groups in total. The van der Waals surface area contributed by atoms with Gasteiger partial charge in [0.25, 0.3) is 0 Å². The van der Waals surface area contributed by atoms with Crippen molar-refractivity contribution >= 4 is 19.9 Å². The maximum atomic E-state index is 12.3. The highest BCUT2D eigenvalue weighted by Crippen LogP contribution is 2.21. The molecule has 1 aliphatic rings. The number of sulfone groups is 1. The number of H-pyrrole nitrogens is 1. The van der Waals surface area contributed by atoms with Gasteiger partial charge in [-0.25, -0.2) is 26.5 Å². The lowest BCUT2D eigenvalue weighted by atomic mass is 10.2. The molecule has 1 aromatic heterocycles. The van der Waals surface area contributed by atoms with E-state index in [2.05, 4.69) is 14.7 Å². The molecule has 1 fully saturated rings. The summed E-state index contributed by atoms with van der Waals surface area (Å²) in [5, 5.41) is -0.643. The van der Waals surface area contributed by atoms with Gasteiger partial charge in [0.1, 0.15) is 15.7 Å². The Morgan fingerprint density at radius 3 is 2.60 bits per heavy atom. The molecule has 1 saturated heterocycles. The topological polar surface area (TPSA) is 109 Å². The van der Waals surface area contributed by atoms with Crippen molar-refractivity contribution in [1.82, 2.24) is 14.7 Å². The van der Waals surface area contributed by atoms with Crippen LogP contribution in [0, 0.1) is 0 Å². The van der Waals surface area contributed by atoms with Gasteiger partial charge in [-0.05, 0) is 19.3 Å². The molecule has 9 heteroatoms. The minimum absolute atomic E-state index is 0.0594. The van der Waals surface area contributed by atoms with Gasteiger partial charge in [-0.1, -0.05) is 6.92 Å². The summed E-state index contributed by atoms with van der Waals surface area (Å²) in [4.78, 5) is 6.95. The summed E-state index contributed by atoms with van der Waals surface area (Å²) in [6.45, 7) is 1.86. The van der Waals surface area contributed by atoms with E-state index in [-0.39, 0.29) is 24.3 Å². The number of hydrogen-bond acceptors (Lipinski definition) is 5. The van der Waals surface area contributed by atoms with Gasteiger partial charge in [0.05, 0.1) is 22.8 Å². The maximum Gasteiger partial charge on any atom is 0.215 e. The summed E-state index contributed by atoms with van der Waals surface area (Å²) in [6, 6.07) is -0.409. The van der Waals surface area contributed by atoms with Crippen LogP contribution in [-0.2, 0) is 19.9 Å². The quantitative estimate of drug-likeness (QED) is 0.813. The molecule has 0 radical (unpaired) electrons. The Morgan fingerprint density at radius 1 is 1.45 bits per heavy atom. The van der Waals surface area contributed by atoms with E-state index in [0.29, 0.717) is 12.2 Å². The van der Waals surface area contributed by atoms with E-state index in [4.69, 9.17) is 0 Å². The van der Waals surface area contributed by atoms with E-state index >= 15 is 0 Å². The third kappa shape index (κ3) is 3.58. The van der Waals surface area contributed by atoms with Gasteiger partial charge in [-0.15, -0.1) is 0 Å². The first-order valence-electron chi connectivity index (χ1n) is 6.55. The third-order valence-electron chi connectivity index (χ3n) is 3.50. The van der Waals surface area contributed by atoms with Crippen LogP contribution in [0.5, 0.6) is 0 Å². The normalized spacial score (nSPS) is 21.6. The number of aromatic amines is 1. The summed E-state index contributed by atoms with van der Waals surface area (Å²) < 4.78 is 50.0. The molecule has 0 spiro atoms. The fraction of sp³-hybridized carbons (Fsp3) is 0.727. The molecule has 0 aromatic carbocycles. The maximum absolute atomic E-state index is 12.3. The zero-order valence-electron chi connectivity index (χ0n) is 11.2. The molecular weight excluding hydrogens is 302 g/mol. The van der Waals surface area contributed by atoms with Crippen molar-refractivity contribution in [3.8, 4) is 0 Å². The summed E-state index contributed by atoms with van der Waals surface area (Å²) in [7, 11) is -6.61. The minimum Gasteiger partial charge on any atom is -0.347 e. The molecular formula is C11H19N3O4S2. The van der Waals surface area contributed by atoms with Crippen LogP contribution >= 0.6 is 0 Å². The van der Waals surface area contributed by atoms with Crippen LogP contribution in [0.1, 0.15) is 38.1 Å². The molecule has 1 aromatic rings. The number of rotatable bonds is 5. The summed E-state index contributed by atoms with van der Waals surface area (Å²) in [5.41, 5.74) is 0. The Hall–Kier alpha value is -0.930. The van der Waals surface area contributed by atoms with Crippen molar-refractivity contribution in [2.24, 2.45) is 0 Å². The molecule has 0 saturated carbocycles. The molecule has 114 valence electrons. The zero-order valence-corrected chi connectivity index (χ0v) is 12.9.